The Morgan fingerprint density at radius 2 is 1.62 bits per heavy atom. The third-order valence-electron chi connectivity index (χ3n) is 5.65. The molecule has 0 radical (unpaired) electrons. The molecular formula is C22H22N2O5. The number of hydrogen-bond acceptors (Lipinski definition) is 5. The van der Waals surface area contributed by atoms with Crippen LogP contribution in [-0.2, 0) is 23.9 Å². The number of nitrogens with zero attached hydrogens (tertiary/aromatic N) is 1. The summed E-state index contributed by atoms with van der Waals surface area (Å²) in [6, 6.07) is 13.1. The third-order valence-corrected chi connectivity index (χ3v) is 5.65. The fourth-order valence-electron chi connectivity index (χ4n) is 4.23. The molecule has 29 heavy (non-hydrogen) atoms. The highest BCUT2D eigenvalue weighted by Gasteiger charge is 2.48. The molecule has 2 atom stereocenters. The molecule has 1 saturated carbocycles. The minimum atomic E-state index is -0.765. The van der Waals surface area contributed by atoms with E-state index in [1.54, 1.807) is 6.07 Å². The molecule has 7 heteroatoms. The number of carbonyl (C=O) groups is 4. The van der Waals surface area contributed by atoms with Crippen LogP contribution in [0.15, 0.2) is 42.5 Å². The summed E-state index contributed by atoms with van der Waals surface area (Å²) in [6.45, 7) is -0.919. The van der Waals surface area contributed by atoms with Crippen LogP contribution in [0, 0.1) is 11.8 Å². The van der Waals surface area contributed by atoms with Crippen molar-refractivity contribution in [2.75, 3.05) is 18.5 Å². The minimum absolute atomic E-state index is 0.295. The highest BCUT2D eigenvalue weighted by atomic mass is 16.5. The molecule has 1 aliphatic heterocycles. The highest BCUT2D eigenvalue weighted by molar-refractivity contribution is 6.07. The van der Waals surface area contributed by atoms with E-state index in [4.69, 9.17) is 4.74 Å². The van der Waals surface area contributed by atoms with E-state index in [1.807, 2.05) is 36.4 Å². The zero-order valence-corrected chi connectivity index (χ0v) is 15.9. The largest absolute Gasteiger partial charge is 0.454 e. The fourth-order valence-corrected chi connectivity index (χ4v) is 4.23. The average Bonchev–Trinajstić information content (AvgIpc) is 2.98. The lowest BCUT2D eigenvalue weighted by molar-refractivity contribution is -0.154. The number of imide groups is 1. The summed E-state index contributed by atoms with van der Waals surface area (Å²) in [4.78, 5) is 50.1. The van der Waals surface area contributed by atoms with Gasteiger partial charge in [0, 0.05) is 11.1 Å². The van der Waals surface area contributed by atoms with Gasteiger partial charge >= 0.3 is 5.97 Å². The molecule has 1 saturated heterocycles. The Bertz CT molecular complexity index is 957. The molecule has 1 aliphatic carbocycles. The number of carbonyl (C=O) groups excluding carboxylic acids is 4. The number of rotatable bonds is 5. The van der Waals surface area contributed by atoms with Gasteiger partial charge in [-0.05, 0) is 24.3 Å². The number of hydrogen-bond donors (Lipinski definition) is 1. The lowest BCUT2D eigenvalue weighted by Gasteiger charge is -2.19. The number of anilines is 1. The van der Waals surface area contributed by atoms with E-state index in [1.165, 1.54) is 0 Å². The van der Waals surface area contributed by atoms with Crippen molar-refractivity contribution in [3.05, 3.63) is 42.5 Å². The first-order valence-corrected chi connectivity index (χ1v) is 9.83. The predicted molar refractivity (Wildman–Crippen MR) is 106 cm³/mol. The maximum Gasteiger partial charge on any atom is 0.326 e. The van der Waals surface area contributed by atoms with E-state index in [0.29, 0.717) is 18.5 Å². The minimum Gasteiger partial charge on any atom is -0.454 e. The Kier molecular flexibility index (Phi) is 5.29. The van der Waals surface area contributed by atoms with Gasteiger partial charge in [-0.15, -0.1) is 0 Å². The molecule has 0 bridgehead atoms. The Labute approximate surface area is 168 Å². The number of ether oxygens (including phenoxy) is 1. The SMILES string of the molecule is O=C(COC(=O)CN1C(=O)[C@@H]2CCCC[C@H]2C1=O)Nc1cccc2ccccc12. The molecule has 2 aromatic rings. The molecule has 150 valence electrons. The highest BCUT2D eigenvalue weighted by Crippen LogP contribution is 2.37. The summed E-state index contributed by atoms with van der Waals surface area (Å²) in [7, 11) is 0. The number of fused-ring (bicyclic) bond motifs is 2. The lowest BCUT2D eigenvalue weighted by atomic mass is 9.81. The third kappa shape index (κ3) is 3.85. The van der Waals surface area contributed by atoms with Gasteiger partial charge in [0.2, 0.25) is 11.8 Å². The first-order valence-electron chi connectivity index (χ1n) is 9.83. The molecule has 4 rings (SSSR count). The van der Waals surface area contributed by atoms with E-state index >= 15 is 0 Å². The Morgan fingerprint density at radius 3 is 2.34 bits per heavy atom. The maximum absolute atomic E-state index is 12.4. The van der Waals surface area contributed by atoms with E-state index in [9.17, 15) is 19.2 Å². The van der Waals surface area contributed by atoms with E-state index in [0.717, 1.165) is 28.5 Å². The molecule has 2 aromatic carbocycles. The summed E-state index contributed by atoms with van der Waals surface area (Å²) in [5.74, 6) is -2.45. The van der Waals surface area contributed by atoms with Gasteiger partial charge in [0.1, 0.15) is 6.54 Å². The first-order chi connectivity index (χ1) is 14.0. The van der Waals surface area contributed by atoms with Crippen molar-refractivity contribution in [1.29, 1.82) is 0 Å². The molecular weight excluding hydrogens is 372 g/mol. The predicted octanol–water partition coefficient (Wildman–Crippen LogP) is 2.50. The molecule has 1 N–H and O–H groups in total. The van der Waals surface area contributed by atoms with Gasteiger partial charge in [0.05, 0.1) is 11.8 Å². The van der Waals surface area contributed by atoms with Crippen LogP contribution >= 0.6 is 0 Å². The van der Waals surface area contributed by atoms with Gasteiger partial charge in [0.15, 0.2) is 6.61 Å². The van der Waals surface area contributed by atoms with Gasteiger partial charge in [-0.3, -0.25) is 24.1 Å². The van der Waals surface area contributed by atoms with Crippen LogP contribution in [0.25, 0.3) is 10.8 Å². The van der Waals surface area contributed by atoms with Crippen molar-refractivity contribution in [2.45, 2.75) is 25.7 Å². The summed E-state index contributed by atoms with van der Waals surface area (Å²) in [5, 5.41) is 4.59. The van der Waals surface area contributed by atoms with Crippen molar-refractivity contribution in [3.8, 4) is 0 Å². The van der Waals surface area contributed by atoms with E-state index < -0.39 is 25.0 Å². The number of nitrogens with one attached hydrogen (secondary N) is 1. The van der Waals surface area contributed by atoms with Crippen molar-refractivity contribution >= 4 is 40.2 Å². The zero-order valence-electron chi connectivity index (χ0n) is 15.9. The Balaban J connectivity index is 1.32. The van der Waals surface area contributed by atoms with Crippen LogP contribution in [0.3, 0.4) is 0 Å². The summed E-state index contributed by atoms with van der Waals surface area (Å²) < 4.78 is 5.00. The molecule has 0 aromatic heterocycles. The van der Waals surface area contributed by atoms with E-state index in [2.05, 4.69) is 5.32 Å². The van der Waals surface area contributed by atoms with Gasteiger partial charge < -0.3 is 10.1 Å². The molecule has 7 nitrogen and oxygen atoms in total. The van der Waals surface area contributed by atoms with Gasteiger partial charge in [-0.25, -0.2) is 0 Å². The molecule has 0 spiro atoms. The molecule has 1 heterocycles. The lowest BCUT2D eigenvalue weighted by Crippen LogP contribution is -2.37. The van der Waals surface area contributed by atoms with Crippen molar-refractivity contribution in [3.63, 3.8) is 0 Å². The number of likely N-dealkylation sites (tertiary alicyclic amines) is 1. The average molecular weight is 394 g/mol. The number of amides is 3. The molecule has 2 fully saturated rings. The zero-order chi connectivity index (χ0) is 20.4. The van der Waals surface area contributed by atoms with Crippen LogP contribution in [0.1, 0.15) is 25.7 Å². The topological polar surface area (TPSA) is 92.8 Å². The fraction of sp³-hybridized carbons (Fsp3) is 0.364. The second kappa shape index (κ2) is 8.03. The van der Waals surface area contributed by atoms with Crippen LogP contribution < -0.4 is 5.32 Å². The second-order valence-electron chi connectivity index (χ2n) is 7.50. The van der Waals surface area contributed by atoms with Crippen LogP contribution in [0.4, 0.5) is 5.69 Å². The Morgan fingerprint density at radius 1 is 0.966 bits per heavy atom. The summed E-state index contributed by atoms with van der Waals surface area (Å²) in [5.41, 5.74) is 0.623. The molecule has 3 amide bonds. The van der Waals surface area contributed by atoms with Gasteiger partial charge in [-0.1, -0.05) is 49.2 Å². The molecule has 2 aliphatic rings. The van der Waals surface area contributed by atoms with Gasteiger partial charge in [-0.2, -0.15) is 0 Å². The van der Waals surface area contributed by atoms with Crippen LogP contribution in [0.2, 0.25) is 0 Å². The van der Waals surface area contributed by atoms with E-state index in [-0.39, 0.29) is 23.7 Å². The van der Waals surface area contributed by atoms with Gasteiger partial charge in [0.25, 0.3) is 5.91 Å². The normalized spacial score (nSPS) is 21.2. The monoisotopic (exact) mass is 394 g/mol. The second-order valence-corrected chi connectivity index (χ2v) is 7.50. The number of esters is 1. The summed E-state index contributed by atoms with van der Waals surface area (Å²) >= 11 is 0. The van der Waals surface area contributed by atoms with Crippen molar-refractivity contribution in [2.24, 2.45) is 11.8 Å². The maximum atomic E-state index is 12.4. The number of benzene rings is 2. The van der Waals surface area contributed by atoms with Crippen molar-refractivity contribution < 1.29 is 23.9 Å². The molecule has 0 unspecified atom stereocenters. The van der Waals surface area contributed by atoms with Crippen LogP contribution in [-0.4, -0.2) is 41.7 Å². The Hall–Kier alpha value is -3.22. The van der Waals surface area contributed by atoms with Crippen molar-refractivity contribution in [1.82, 2.24) is 4.90 Å². The standard InChI is InChI=1S/C22H22N2O5/c25-19(23-18-11-5-7-14-6-1-2-8-15(14)18)13-29-20(26)12-24-21(27)16-9-3-4-10-17(16)22(24)28/h1-2,5-8,11,16-17H,3-4,9-10,12-13H2,(H,23,25)/t16-,17-/m1/s1. The quantitative estimate of drug-likeness (QED) is 0.621. The summed E-state index contributed by atoms with van der Waals surface area (Å²) in [6.07, 6.45) is 3.22. The smallest absolute Gasteiger partial charge is 0.326 e. The van der Waals surface area contributed by atoms with Crippen LogP contribution in [0.5, 0.6) is 0 Å². The first kappa shape index (κ1) is 19.1.